The summed E-state index contributed by atoms with van der Waals surface area (Å²) < 4.78 is 29.7. The van der Waals surface area contributed by atoms with Crippen LogP contribution in [0.2, 0.25) is 0 Å². The van der Waals surface area contributed by atoms with E-state index >= 15 is 0 Å². The smallest absolute Gasteiger partial charge is 0.258 e. The van der Waals surface area contributed by atoms with Crippen LogP contribution in [0.15, 0.2) is 262 Å². The highest BCUT2D eigenvalue weighted by Gasteiger charge is 2.26. The number of benzene rings is 2. The Labute approximate surface area is 824 Å². The van der Waals surface area contributed by atoms with Gasteiger partial charge in [-0.25, -0.2) is 43.8 Å². The highest BCUT2D eigenvalue weighted by atomic mass is 19.1. The predicted molar refractivity (Wildman–Crippen MR) is 563 cm³/mol. The van der Waals surface area contributed by atoms with Gasteiger partial charge < -0.3 is 29.3 Å². The fourth-order valence-electron chi connectivity index (χ4n) is 19.7. The average molecular weight is 1920 g/mol. The summed E-state index contributed by atoms with van der Waals surface area (Å²) in [6.45, 7) is 25.8. The molecular weight excluding hydrogens is 1800 g/mol. The van der Waals surface area contributed by atoms with Crippen molar-refractivity contribution in [2.45, 2.75) is 91.4 Å². The van der Waals surface area contributed by atoms with E-state index in [1.807, 2.05) is 203 Å². The minimum absolute atomic E-state index is 0.0579. The van der Waals surface area contributed by atoms with E-state index in [1.165, 1.54) is 33.6 Å². The van der Waals surface area contributed by atoms with E-state index in [9.17, 15) is 28.4 Å². The molecule has 2 aromatic carbocycles. The number of anilines is 2. The number of piperazine rings is 1. The first-order chi connectivity index (χ1) is 69.4. The highest BCUT2D eigenvalue weighted by Crippen LogP contribution is 2.34. The first-order valence-electron chi connectivity index (χ1n) is 49.3. The van der Waals surface area contributed by atoms with Crippen LogP contribution in [0.3, 0.4) is 0 Å². The monoisotopic (exact) mass is 1910 g/mol. The summed E-state index contributed by atoms with van der Waals surface area (Å²) >= 11 is 0. The van der Waals surface area contributed by atoms with E-state index in [0.29, 0.717) is 79.8 Å². The molecule has 33 heteroatoms. The van der Waals surface area contributed by atoms with E-state index < -0.39 is 5.82 Å². The van der Waals surface area contributed by atoms with Gasteiger partial charge in [0.2, 0.25) is 0 Å². The van der Waals surface area contributed by atoms with Gasteiger partial charge >= 0.3 is 0 Å². The second kappa shape index (κ2) is 41.3. The van der Waals surface area contributed by atoms with Gasteiger partial charge in [0.15, 0.2) is 11.5 Å². The number of fused-ring (bicyclic) bond motifs is 9. The van der Waals surface area contributed by atoms with Gasteiger partial charge in [0.1, 0.15) is 39.7 Å². The normalized spacial score (nSPS) is 15.4. The lowest BCUT2D eigenvalue weighted by molar-refractivity contribution is 0.253. The number of rotatable bonds is 15. The van der Waals surface area contributed by atoms with E-state index in [-0.39, 0.29) is 27.8 Å². The molecule has 24 rings (SSSR count). The quantitative estimate of drug-likeness (QED) is 0.0997. The molecule has 0 atom stereocenters. The van der Waals surface area contributed by atoms with Crippen molar-refractivity contribution in [3.05, 3.63) is 330 Å². The molecular formula is C110H116FN27O5. The second-order valence-electron chi connectivity index (χ2n) is 37.9. The third-order valence-electron chi connectivity index (χ3n) is 28.1. The van der Waals surface area contributed by atoms with Crippen molar-refractivity contribution in [2.75, 3.05) is 129 Å². The Kier molecular flexibility index (Phi) is 27.5. The number of hydrogen-bond donors (Lipinski definition) is 1. The molecule has 0 bridgehead atoms. The average Bonchev–Trinajstić information content (AvgIpc) is 0.793. The van der Waals surface area contributed by atoms with Crippen molar-refractivity contribution < 1.29 is 4.39 Å². The van der Waals surface area contributed by atoms with Crippen molar-refractivity contribution in [2.24, 2.45) is 14.1 Å². The minimum atomic E-state index is -0.390. The molecule has 143 heavy (non-hydrogen) atoms. The third kappa shape index (κ3) is 20.7. The molecule has 0 unspecified atom stereocenters. The first kappa shape index (κ1) is 95.0. The van der Waals surface area contributed by atoms with E-state index in [4.69, 9.17) is 15.0 Å². The first-order valence-corrected chi connectivity index (χ1v) is 49.3. The maximum absolute atomic E-state index is 14.5. The fourth-order valence-corrected chi connectivity index (χ4v) is 19.7. The number of aromatic nitrogens is 20. The van der Waals surface area contributed by atoms with Gasteiger partial charge in [-0.2, -0.15) is 15.3 Å². The molecule has 0 spiro atoms. The molecule has 17 aromatic heterocycles. The van der Waals surface area contributed by atoms with Gasteiger partial charge in [0, 0.05) is 205 Å². The summed E-state index contributed by atoms with van der Waals surface area (Å²) in [6, 6.07) is 47.1. The van der Waals surface area contributed by atoms with Crippen LogP contribution in [-0.2, 0) is 14.1 Å². The zero-order valence-electron chi connectivity index (χ0n) is 82.3. The molecule has 0 amide bonds. The molecule has 3 fully saturated rings. The summed E-state index contributed by atoms with van der Waals surface area (Å²) in [5.41, 5.74) is 23.1. The van der Waals surface area contributed by atoms with Gasteiger partial charge in [-0.3, -0.25) is 70.1 Å². The van der Waals surface area contributed by atoms with Crippen molar-refractivity contribution in [3.8, 4) is 56.3 Å². The lowest BCUT2D eigenvalue weighted by Crippen LogP contribution is -2.46. The lowest BCUT2D eigenvalue weighted by atomic mass is 9.91. The number of nitrogens with one attached hydrogen (secondary N) is 1. The van der Waals surface area contributed by atoms with Crippen LogP contribution < -0.4 is 42.9 Å². The number of pyridine rings is 7. The van der Waals surface area contributed by atoms with Crippen LogP contribution >= 0.6 is 0 Å². The zero-order valence-corrected chi connectivity index (χ0v) is 82.3. The minimum Gasteiger partial charge on any atom is -0.368 e. The molecule has 0 aliphatic carbocycles. The molecule has 22 heterocycles. The maximum atomic E-state index is 14.5. The van der Waals surface area contributed by atoms with Gasteiger partial charge in [-0.05, 0) is 249 Å². The van der Waals surface area contributed by atoms with Crippen LogP contribution in [-0.4, -0.2) is 234 Å². The Morgan fingerprint density at radius 3 is 1.52 bits per heavy atom. The molecule has 0 radical (unpaired) electrons. The Morgan fingerprint density at radius 1 is 0.420 bits per heavy atom. The van der Waals surface area contributed by atoms with Crippen LogP contribution in [0.1, 0.15) is 111 Å². The molecule has 32 nitrogen and oxygen atoms in total. The van der Waals surface area contributed by atoms with Crippen LogP contribution in [0, 0.1) is 19.7 Å². The molecule has 5 aliphatic rings. The van der Waals surface area contributed by atoms with Crippen molar-refractivity contribution in [3.63, 3.8) is 0 Å². The standard InChI is InChI=1S/C24H25N5O.C23H23N5O.C22H22FN5O.C21H23N7O.C20H23N5O/c1-3-10-28-11-8-17(9-12-28)19-5-7-23-26-21(14-24(30)29(23)16-19)18-4-6-22-20(13-18)15-25-27(22)2;1-3-27-10-8-16(9-11-27)18-5-7-22-25-20(13-23(29)28(22)15-18)17-4-6-21-19(12-17)14-24-26(21)2;1-14-11-27-12-17(9-18(23)22(27)24-14)16-3-4-20-25-19(10-21(29)28(20)13-16)15-5-7-26(2)8-6-15;1-3-25-6-8-26(9-7-25)16-4-5-20-23-18(11-21(29)27(20)14-16)19-10-17-12-22-15(2)13-28(17)24-19;1-24(2)18-5-3-15(12-22-18)17-11-20(26)25-13-16(4-6-19(25)23-17)14-7-9-21-10-8-14/h4-8,13-16H,3,9-12H2,1-2H3;4-8,12-15H,3,9-11H2,1-2H3;3-4,9-13,15H,5-8H2,1-2H3;4-5,10-14H,3,6-9H2,1-2H3;3-6,11-14,21H,7-10H2,1-2H3. The second-order valence-corrected chi connectivity index (χ2v) is 37.9. The van der Waals surface area contributed by atoms with Crippen molar-refractivity contribution >= 4 is 83.9 Å². The SMILES string of the molecule is CCCN1CC=C(c2ccc3nc(-c4ccc5c(cnn5C)c4)cc(=O)n3c2)CC1.CCN1CC=C(c2ccc3nc(-c4ccc5c(cnn5C)c4)cc(=O)n3c2)CC1.CCN1CCN(c2ccc3nc(-c4cc5cnc(C)cn5n4)cc(=O)n3c2)CC1.CN(C)c1ccc(-c2cc(=O)n3cc(C4CCNCC4)ccc3n2)cn1.Cc1cn2cc(-c3ccc4nc(C5CCN(C)CC5)cc(=O)n4c3)cc(F)c2n1. The van der Waals surface area contributed by atoms with Gasteiger partial charge in [0.25, 0.3) is 27.8 Å². The molecule has 728 valence electrons. The third-order valence-corrected chi connectivity index (χ3v) is 28.1. The number of likely N-dealkylation sites (tertiary alicyclic amines) is 1. The molecule has 3 saturated heterocycles. The Bertz CT molecular complexity index is 8410. The van der Waals surface area contributed by atoms with Gasteiger partial charge in [-0.15, -0.1) is 0 Å². The number of imidazole rings is 1. The fraction of sp³-hybridized carbons (Fsp3) is 0.309. The Balaban J connectivity index is 0.000000109. The van der Waals surface area contributed by atoms with E-state index in [2.05, 4.69) is 128 Å². The topological polar surface area (TPSA) is 299 Å². The largest absolute Gasteiger partial charge is 0.368 e. The van der Waals surface area contributed by atoms with E-state index in [1.54, 1.807) is 81.6 Å². The number of aryl methyl sites for hydroxylation is 4. The molecule has 1 N–H and O–H groups in total. The van der Waals surface area contributed by atoms with Gasteiger partial charge in [0.05, 0.1) is 86.9 Å². The summed E-state index contributed by atoms with van der Waals surface area (Å²) in [5, 5.41) is 18.6. The summed E-state index contributed by atoms with van der Waals surface area (Å²) in [4.78, 5) is 114. The van der Waals surface area contributed by atoms with Crippen molar-refractivity contribution in [1.29, 1.82) is 0 Å². The summed E-state index contributed by atoms with van der Waals surface area (Å²) in [6.07, 6.45) is 34.1. The number of hydrogen-bond acceptors (Lipinski definition) is 23. The van der Waals surface area contributed by atoms with Crippen LogP contribution in [0.5, 0.6) is 0 Å². The predicted octanol–water partition coefficient (Wildman–Crippen LogP) is 14.5. The maximum Gasteiger partial charge on any atom is 0.258 e. The molecule has 5 aliphatic heterocycles. The Morgan fingerprint density at radius 2 is 0.944 bits per heavy atom. The summed E-state index contributed by atoms with van der Waals surface area (Å²) in [5.74, 6) is 1.32. The highest BCUT2D eigenvalue weighted by molar-refractivity contribution is 5.86. The molecule has 0 saturated carbocycles. The van der Waals surface area contributed by atoms with Crippen LogP contribution in [0.25, 0.3) is 129 Å². The van der Waals surface area contributed by atoms with Crippen molar-refractivity contribution in [1.82, 2.24) is 120 Å². The van der Waals surface area contributed by atoms with Gasteiger partial charge in [-0.1, -0.05) is 51.1 Å². The van der Waals surface area contributed by atoms with E-state index in [0.717, 1.165) is 226 Å². The number of nitrogens with zero attached hydrogens (tertiary/aromatic N) is 26. The number of likely N-dealkylation sites (N-methyl/N-ethyl adjacent to an activating group) is 2. The number of piperidine rings is 2. The lowest BCUT2D eigenvalue weighted by Gasteiger charge is -2.35. The Hall–Kier alpha value is -15.6. The summed E-state index contributed by atoms with van der Waals surface area (Å²) in [7, 11) is 9.85. The van der Waals surface area contributed by atoms with Crippen LogP contribution in [0.4, 0.5) is 15.9 Å². The number of halogens is 1. The molecule has 19 aromatic rings. The zero-order chi connectivity index (χ0) is 98.8.